The third-order valence-corrected chi connectivity index (χ3v) is 7.96. The van der Waals surface area contributed by atoms with Crippen LogP contribution in [0.15, 0.2) is 66.9 Å². The minimum absolute atomic E-state index is 0.0756. The number of urea groups is 1. The van der Waals surface area contributed by atoms with Crippen molar-refractivity contribution >= 4 is 34.3 Å². The molecule has 4 aromatic rings. The third-order valence-electron chi connectivity index (χ3n) is 7.96. The Balaban J connectivity index is 1.12. The maximum atomic E-state index is 13.9. The zero-order valence-electron chi connectivity index (χ0n) is 23.8. The summed E-state index contributed by atoms with van der Waals surface area (Å²) in [5, 5.41) is 8.45. The van der Waals surface area contributed by atoms with Crippen LogP contribution in [0.5, 0.6) is 0 Å². The smallest absolute Gasteiger partial charge is 0.355 e. The Morgan fingerprint density at radius 1 is 0.814 bits per heavy atom. The number of halogens is 3. The summed E-state index contributed by atoms with van der Waals surface area (Å²) in [6.07, 6.45) is 0.880. The molecular formula is C32H34F3N7O. The highest BCUT2D eigenvalue weighted by atomic mass is 19.4. The lowest BCUT2D eigenvalue weighted by molar-refractivity contribution is -0.138. The second kappa shape index (κ2) is 12.6. The number of anilines is 3. The predicted octanol–water partition coefficient (Wildman–Crippen LogP) is 6.36. The zero-order chi connectivity index (χ0) is 29.8. The molecule has 3 aromatic carbocycles. The number of benzene rings is 3. The molecule has 0 saturated carbocycles. The monoisotopic (exact) mass is 589 g/mol. The van der Waals surface area contributed by atoms with Crippen molar-refractivity contribution in [1.82, 2.24) is 20.2 Å². The normalized spacial score (nSPS) is 16.3. The van der Waals surface area contributed by atoms with Gasteiger partial charge in [-0.05, 0) is 72.4 Å². The number of hydrogen-bond acceptors (Lipinski definition) is 6. The van der Waals surface area contributed by atoms with E-state index in [0.717, 1.165) is 73.1 Å². The van der Waals surface area contributed by atoms with E-state index in [9.17, 15) is 18.0 Å². The molecule has 1 aromatic heterocycles. The number of rotatable bonds is 6. The first-order chi connectivity index (χ1) is 20.8. The van der Waals surface area contributed by atoms with Crippen LogP contribution in [-0.2, 0) is 12.7 Å². The molecule has 0 aliphatic carbocycles. The molecule has 0 atom stereocenters. The molecule has 2 amide bonds. The van der Waals surface area contributed by atoms with Gasteiger partial charge in [0, 0.05) is 57.2 Å². The molecule has 43 heavy (non-hydrogen) atoms. The number of hydrogen-bond donors (Lipinski definition) is 3. The van der Waals surface area contributed by atoms with Crippen LogP contribution < -0.4 is 20.9 Å². The number of nitrogens with one attached hydrogen (secondary N) is 3. The molecule has 6 rings (SSSR count). The number of fused-ring (bicyclic) bond motifs is 1. The SMILES string of the molecule is O=C(Nc1ccc(-c2ccc3ncc(N4CCCCC4)nc3c2)cc1)Nc1ccc(CN2CCNCC2)c(C(F)(F)F)c1. The summed E-state index contributed by atoms with van der Waals surface area (Å²) in [5.41, 5.74) is 3.59. The average molecular weight is 590 g/mol. The lowest BCUT2D eigenvalue weighted by atomic mass is 10.0. The van der Waals surface area contributed by atoms with Crippen LogP contribution in [0, 0.1) is 0 Å². The van der Waals surface area contributed by atoms with Crippen molar-refractivity contribution in [3.63, 3.8) is 0 Å². The molecule has 3 heterocycles. The molecule has 2 aliphatic rings. The molecule has 2 aliphatic heterocycles. The van der Waals surface area contributed by atoms with E-state index < -0.39 is 17.8 Å². The average Bonchev–Trinajstić information content (AvgIpc) is 3.02. The second-order valence-corrected chi connectivity index (χ2v) is 11.0. The molecular weight excluding hydrogens is 555 g/mol. The number of amides is 2. The van der Waals surface area contributed by atoms with Crippen LogP contribution in [-0.4, -0.2) is 60.2 Å². The van der Waals surface area contributed by atoms with Crippen molar-refractivity contribution < 1.29 is 18.0 Å². The molecule has 224 valence electrons. The summed E-state index contributed by atoms with van der Waals surface area (Å²) in [6, 6.07) is 16.5. The molecule has 2 saturated heterocycles. The van der Waals surface area contributed by atoms with Gasteiger partial charge in [-0.2, -0.15) is 13.2 Å². The van der Waals surface area contributed by atoms with Crippen LogP contribution in [0.25, 0.3) is 22.2 Å². The molecule has 3 N–H and O–H groups in total. The summed E-state index contributed by atoms with van der Waals surface area (Å²) in [6.45, 7) is 5.07. The Morgan fingerprint density at radius 3 is 2.26 bits per heavy atom. The Kier molecular flexibility index (Phi) is 8.44. The van der Waals surface area contributed by atoms with E-state index in [0.29, 0.717) is 18.8 Å². The molecule has 0 radical (unpaired) electrons. The second-order valence-electron chi connectivity index (χ2n) is 11.0. The lowest BCUT2D eigenvalue weighted by Gasteiger charge is -2.28. The van der Waals surface area contributed by atoms with Gasteiger partial charge in [0.2, 0.25) is 0 Å². The summed E-state index contributed by atoms with van der Waals surface area (Å²) < 4.78 is 41.6. The number of nitrogens with zero attached hydrogens (tertiary/aromatic N) is 4. The van der Waals surface area contributed by atoms with Crippen LogP contribution in [0.4, 0.5) is 35.2 Å². The van der Waals surface area contributed by atoms with E-state index in [2.05, 4.69) is 25.8 Å². The quantitative estimate of drug-likeness (QED) is 0.243. The van der Waals surface area contributed by atoms with Gasteiger partial charge in [-0.25, -0.2) is 9.78 Å². The van der Waals surface area contributed by atoms with Crippen molar-refractivity contribution in [2.45, 2.75) is 32.0 Å². The maximum absolute atomic E-state index is 13.9. The summed E-state index contributed by atoms with van der Waals surface area (Å²) in [7, 11) is 0. The first-order valence-electron chi connectivity index (χ1n) is 14.7. The standard InChI is InChI=1S/C32H34F3N7O/c33-32(34,35)27-19-26(10-6-24(27)21-41-16-12-36-13-17-41)39-31(43)38-25-8-4-22(5-9-25)23-7-11-28-29(18-23)40-30(20-37-28)42-14-2-1-3-15-42/h4-11,18-20,36H,1-3,12-17,21H2,(H2,38,39,43). The van der Waals surface area contributed by atoms with Gasteiger partial charge in [0.05, 0.1) is 22.8 Å². The highest BCUT2D eigenvalue weighted by Crippen LogP contribution is 2.35. The number of carbonyl (C=O) groups excluding carboxylic acids is 1. The fourth-order valence-electron chi connectivity index (χ4n) is 5.66. The van der Waals surface area contributed by atoms with Crippen molar-refractivity contribution in [2.24, 2.45) is 0 Å². The first-order valence-corrected chi connectivity index (χ1v) is 14.7. The Labute approximate surface area is 248 Å². The van der Waals surface area contributed by atoms with Crippen molar-refractivity contribution in [3.8, 4) is 11.1 Å². The van der Waals surface area contributed by atoms with Gasteiger partial charge < -0.3 is 20.9 Å². The topological polar surface area (TPSA) is 85.4 Å². The van der Waals surface area contributed by atoms with E-state index in [1.807, 2.05) is 41.4 Å². The Bertz CT molecular complexity index is 1580. The summed E-state index contributed by atoms with van der Waals surface area (Å²) in [4.78, 5) is 26.4. The summed E-state index contributed by atoms with van der Waals surface area (Å²) >= 11 is 0. The van der Waals surface area contributed by atoms with Gasteiger partial charge in [0.15, 0.2) is 0 Å². The van der Waals surface area contributed by atoms with Crippen molar-refractivity contribution in [3.05, 3.63) is 78.0 Å². The van der Waals surface area contributed by atoms with Crippen molar-refractivity contribution in [2.75, 3.05) is 54.8 Å². The van der Waals surface area contributed by atoms with Gasteiger partial charge in [0.1, 0.15) is 5.82 Å². The highest BCUT2D eigenvalue weighted by Gasteiger charge is 2.34. The zero-order valence-corrected chi connectivity index (χ0v) is 23.8. The van der Waals surface area contributed by atoms with Crippen LogP contribution in [0.2, 0.25) is 0 Å². The largest absolute Gasteiger partial charge is 0.416 e. The third kappa shape index (κ3) is 7.06. The fraction of sp³-hybridized carbons (Fsp3) is 0.344. The van der Waals surface area contributed by atoms with Gasteiger partial charge in [-0.3, -0.25) is 9.88 Å². The number of carbonyl (C=O) groups is 1. The molecule has 11 heteroatoms. The van der Waals surface area contributed by atoms with Crippen LogP contribution in [0.1, 0.15) is 30.4 Å². The minimum Gasteiger partial charge on any atom is -0.355 e. The highest BCUT2D eigenvalue weighted by molar-refractivity contribution is 6.00. The van der Waals surface area contributed by atoms with E-state index >= 15 is 0 Å². The molecule has 0 spiro atoms. The van der Waals surface area contributed by atoms with Crippen molar-refractivity contribution in [1.29, 1.82) is 0 Å². The molecule has 2 fully saturated rings. The van der Waals surface area contributed by atoms with E-state index in [1.54, 1.807) is 12.1 Å². The van der Waals surface area contributed by atoms with E-state index in [-0.39, 0.29) is 17.8 Å². The number of piperazine rings is 1. The lowest BCUT2D eigenvalue weighted by Crippen LogP contribution is -2.43. The summed E-state index contributed by atoms with van der Waals surface area (Å²) in [5.74, 6) is 0.895. The molecule has 0 bridgehead atoms. The molecule has 8 nitrogen and oxygen atoms in total. The van der Waals surface area contributed by atoms with Gasteiger partial charge >= 0.3 is 12.2 Å². The predicted molar refractivity (Wildman–Crippen MR) is 163 cm³/mol. The maximum Gasteiger partial charge on any atom is 0.416 e. The number of alkyl halides is 3. The Morgan fingerprint density at radius 2 is 1.51 bits per heavy atom. The van der Waals surface area contributed by atoms with E-state index in [1.165, 1.54) is 18.6 Å². The van der Waals surface area contributed by atoms with Crippen LogP contribution >= 0.6 is 0 Å². The molecule has 0 unspecified atom stereocenters. The van der Waals surface area contributed by atoms with E-state index in [4.69, 9.17) is 4.98 Å². The van der Waals surface area contributed by atoms with Gasteiger partial charge in [-0.1, -0.05) is 24.3 Å². The number of piperidine rings is 1. The van der Waals surface area contributed by atoms with Gasteiger partial charge in [-0.15, -0.1) is 0 Å². The van der Waals surface area contributed by atoms with Gasteiger partial charge in [0.25, 0.3) is 0 Å². The number of aromatic nitrogens is 2. The Hall–Kier alpha value is -4.22. The van der Waals surface area contributed by atoms with Crippen LogP contribution in [0.3, 0.4) is 0 Å². The minimum atomic E-state index is -4.53. The first kappa shape index (κ1) is 28.9. The fourth-order valence-corrected chi connectivity index (χ4v) is 5.66.